The molecule has 1 atom stereocenters. The quantitative estimate of drug-likeness (QED) is 0.396. The number of methoxy groups -OCH3 is 1. The van der Waals surface area contributed by atoms with Crippen molar-refractivity contribution in [3.05, 3.63) is 109 Å². The molecule has 0 spiro atoms. The van der Waals surface area contributed by atoms with Crippen LogP contribution in [0.15, 0.2) is 104 Å². The summed E-state index contributed by atoms with van der Waals surface area (Å²) >= 11 is 0. The molecule has 0 fully saturated rings. The minimum atomic E-state index is -3.01. The predicted molar refractivity (Wildman–Crippen MR) is 124 cm³/mol. The molecule has 3 nitrogen and oxygen atoms in total. The second kappa shape index (κ2) is 10.1. The van der Waals surface area contributed by atoms with Gasteiger partial charge in [0.05, 0.1) is 7.11 Å². The molecule has 0 aliphatic rings. The highest BCUT2D eigenvalue weighted by Gasteiger charge is 2.28. The van der Waals surface area contributed by atoms with E-state index < -0.39 is 7.29 Å². The van der Waals surface area contributed by atoms with Crippen LogP contribution in [0.3, 0.4) is 0 Å². The van der Waals surface area contributed by atoms with Gasteiger partial charge in [-0.3, -0.25) is 9.65 Å². The normalized spacial score (nSPS) is 12.6. The number of benzene rings is 3. The monoisotopic (exact) mass is 403 g/mol. The van der Waals surface area contributed by atoms with Crippen LogP contribution in [0.25, 0.3) is 6.08 Å². The van der Waals surface area contributed by atoms with E-state index in [2.05, 4.69) is 11.7 Å². The summed E-state index contributed by atoms with van der Waals surface area (Å²) < 4.78 is 19.4. The molecule has 0 saturated carbocycles. The first-order chi connectivity index (χ1) is 14.2. The zero-order valence-corrected chi connectivity index (χ0v) is 17.5. The first kappa shape index (κ1) is 20.9. The topological polar surface area (TPSA) is 38.3 Å². The Balaban J connectivity index is 1.91. The third kappa shape index (κ3) is 5.35. The fraction of sp³-hybridized carbons (Fsp3) is 0.120. The molecule has 0 radical (unpaired) electrons. The maximum Gasteiger partial charge on any atom is 0.205 e. The fourth-order valence-electron chi connectivity index (χ4n) is 3.10. The standard InChI is InChI=1S/C25H26NO2P/c1-3-10-22(18-15-21-16-19-23(28-2)20-17-21)26-29(27,24-11-6-4-7-12-24)25-13-8-5-9-14-25/h3-9,11-20,22H,1,10H2,2H3,(H,26,27)/t22-/m1/s1. The van der Waals surface area contributed by atoms with E-state index in [4.69, 9.17) is 4.74 Å². The molecule has 0 aliphatic carbocycles. The molecule has 0 saturated heterocycles. The average Bonchev–Trinajstić information content (AvgIpc) is 2.79. The minimum Gasteiger partial charge on any atom is -0.497 e. The van der Waals surface area contributed by atoms with Gasteiger partial charge in [0.15, 0.2) is 0 Å². The number of ether oxygens (including phenoxy) is 1. The summed E-state index contributed by atoms with van der Waals surface area (Å²) in [4.78, 5) is 0. The number of hydrogen-bond donors (Lipinski definition) is 1. The van der Waals surface area contributed by atoms with E-state index in [9.17, 15) is 4.57 Å². The molecule has 148 valence electrons. The number of rotatable bonds is 9. The zero-order valence-electron chi connectivity index (χ0n) is 16.6. The van der Waals surface area contributed by atoms with Crippen molar-refractivity contribution in [3.8, 4) is 5.75 Å². The molecule has 29 heavy (non-hydrogen) atoms. The first-order valence-corrected chi connectivity index (χ1v) is 11.3. The number of hydrogen-bond acceptors (Lipinski definition) is 2. The molecule has 0 aromatic heterocycles. The number of nitrogens with one attached hydrogen (secondary N) is 1. The summed E-state index contributed by atoms with van der Waals surface area (Å²) in [6.07, 6.45) is 6.58. The van der Waals surface area contributed by atoms with Crippen LogP contribution in [0.2, 0.25) is 0 Å². The van der Waals surface area contributed by atoms with Crippen molar-refractivity contribution >= 4 is 24.0 Å². The van der Waals surface area contributed by atoms with Crippen LogP contribution in [0.1, 0.15) is 12.0 Å². The molecule has 3 aromatic carbocycles. The highest BCUT2D eigenvalue weighted by Crippen LogP contribution is 2.39. The smallest absolute Gasteiger partial charge is 0.205 e. The van der Waals surface area contributed by atoms with Crippen molar-refractivity contribution in [1.29, 1.82) is 0 Å². The largest absolute Gasteiger partial charge is 0.497 e. The van der Waals surface area contributed by atoms with Crippen molar-refractivity contribution in [3.63, 3.8) is 0 Å². The summed E-state index contributed by atoms with van der Waals surface area (Å²) in [7, 11) is -1.36. The molecule has 3 aromatic rings. The van der Waals surface area contributed by atoms with E-state index in [1.807, 2.05) is 103 Å². The van der Waals surface area contributed by atoms with Gasteiger partial charge in [0.25, 0.3) is 0 Å². The first-order valence-electron chi connectivity index (χ1n) is 9.58. The Kier molecular flexibility index (Phi) is 7.24. The van der Waals surface area contributed by atoms with Crippen molar-refractivity contribution in [2.45, 2.75) is 12.5 Å². The molecule has 3 rings (SSSR count). The van der Waals surface area contributed by atoms with Gasteiger partial charge < -0.3 is 4.74 Å². The van der Waals surface area contributed by atoms with Crippen LogP contribution in [-0.2, 0) is 4.57 Å². The van der Waals surface area contributed by atoms with Crippen molar-refractivity contribution < 1.29 is 9.30 Å². The highest BCUT2D eigenvalue weighted by atomic mass is 31.2. The maximum absolute atomic E-state index is 14.2. The summed E-state index contributed by atoms with van der Waals surface area (Å²) in [5.74, 6) is 0.820. The Morgan fingerprint density at radius 2 is 1.48 bits per heavy atom. The van der Waals surface area contributed by atoms with E-state index in [-0.39, 0.29) is 6.04 Å². The molecule has 0 bridgehead atoms. The lowest BCUT2D eigenvalue weighted by Crippen LogP contribution is -2.33. The maximum atomic E-state index is 14.2. The summed E-state index contributed by atoms with van der Waals surface area (Å²) in [6, 6.07) is 26.9. The van der Waals surface area contributed by atoms with Crippen LogP contribution in [0.5, 0.6) is 5.75 Å². The Labute approximate surface area is 173 Å². The molecule has 0 unspecified atom stereocenters. The SMILES string of the molecule is C=CC[C@H](C=Cc1ccc(OC)cc1)NP(=O)(c1ccccc1)c1ccccc1. The van der Waals surface area contributed by atoms with Gasteiger partial charge in [0.1, 0.15) is 5.75 Å². The third-order valence-electron chi connectivity index (χ3n) is 4.64. The molecule has 0 heterocycles. The van der Waals surface area contributed by atoms with Gasteiger partial charge in [-0.25, -0.2) is 0 Å². The average molecular weight is 403 g/mol. The van der Waals surface area contributed by atoms with Crippen LogP contribution in [0.4, 0.5) is 0 Å². The van der Waals surface area contributed by atoms with E-state index in [1.54, 1.807) is 7.11 Å². The molecule has 1 N–H and O–H groups in total. The minimum absolute atomic E-state index is 0.124. The summed E-state index contributed by atoms with van der Waals surface area (Å²) in [5.41, 5.74) is 1.05. The van der Waals surface area contributed by atoms with Gasteiger partial charge in [0.2, 0.25) is 7.29 Å². The van der Waals surface area contributed by atoms with E-state index >= 15 is 0 Å². The van der Waals surface area contributed by atoms with Crippen molar-refractivity contribution in [1.82, 2.24) is 5.09 Å². The molecule has 0 amide bonds. The van der Waals surface area contributed by atoms with Crippen LogP contribution < -0.4 is 20.4 Å². The van der Waals surface area contributed by atoms with Gasteiger partial charge >= 0.3 is 0 Å². The van der Waals surface area contributed by atoms with Crippen LogP contribution in [0, 0.1) is 0 Å². The Morgan fingerprint density at radius 1 is 0.931 bits per heavy atom. The Morgan fingerprint density at radius 3 is 1.97 bits per heavy atom. The van der Waals surface area contributed by atoms with Gasteiger partial charge in [-0.1, -0.05) is 66.8 Å². The Hall–Kier alpha value is -2.87. The summed E-state index contributed by atoms with van der Waals surface area (Å²) in [5, 5.41) is 5.01. The lowest BCUT2D eigenvalue weighted by molar-refractivity contribution is 0.415. The lowest BCUT2D eigenvalue weighted by atomic mass is 10.1. The van der Waals surface area contributed by atoms with Crippen molar-refractivity contribution in [2.75, 3.05) is 7.11 Å². The molecular formula is C25H26NO2P. The zero-order chi connectivity index (χ0) is 20.5. The van der Waals surface area contributed by atoms with Gasteiger partial charge in [-0.15, -0.1) is 6.58 Å². The molecule has 0 aliphatic heterocycles. The van der Waals surface area contributed by atoms with Gasteiger partial charge in [-0.2, -0.15) is 0 Å². The van der Waals surface area contributed by atoms with Gasteiger partial charge in [-0.05, 0) is 48.4 Å². The van der Waals surface area contributed by atoms with E-state index in [1.165, 1.54) is 0 Å². The van der Waals surface area contributed by atoms with E-state index in [0.29, 0.717) is 6.42 Å². The lowest BCUT2D eigenvalue weighted by Gasteiger charge is -2.25. The van der Waals surface area contributed by atoms with E-state index in [0.717, 1.165) is 21.9 Å². The molecular weight excluding hydrogens is 377 g/mol. The van der Waals surface area contributed by atoms with Crippen LogP contribution >= 0.6 is 7.29 Å². The third-order valence-corrected chi connectivity index (χ3v) is 7.39. The molecule has 4 heteroatoms. The highest BCUT2D eigenvalue weighted by molar-refractivity contribution is 7.76. The Bertz CT molecular complexity index is 939. The summed E-state index contributed by atoms with van der Waals surface area (Å²) in [6.45, 7) is 3.87. The van der Waals surface area contributed by atoms with Crippen LogP contribution in [-0.4, -0.2) is 13.2 Å². The second-order valence-electron chi connectivity index (χ2n) is 6.67. The van der Waals surface area contributed by atoms with Gasteiger partial charge in [0, 0.05) is 16.7 Å². The van der Waals surface area contributed by atoms with Crippen molar-refractivity contribution in [2.24, 2.45) is 0 Å². The predicted octanol–water partition coefficient (Wildman–Crippen LogP) is 5.17. The fourth-order valence-corrected chi connectivity index (χ4v) is 5.54. The second-order valence-corrected chi connectivity index (χ2v) is 9.18.